The Hall–Kier alpha value is -2.05. The van der Waals surface area contributed by atoms with Crippen molar-refractivity contribution >= 4 is 0 Å². The van der Waals surface area contributed by atoms with Gasteiger partial charge in [0.15, 0.2) is 11.5 Å². The molecular formula is C23H34N4O2. The summed E-state index contributed by atoms with van der Waals surface area (Å²) in [6.45, 7) is 8.80. The Morgan fingerprint density at radius 2 is 1.76 bits per heavy atom. The Morgan fingerprint density at radius 3 is 2.45 bits per heavy atom. The van der Waals surface area contributed by atoms with Crippen molar-refractivity contribution in [1.82, 2.24) is 19.6 Å². The number of nitrogens with zero attached hydrogens (tertiary/aromatic N) is 4. The van der Waals surface area contributed by atoms with Crippen LogP contribution in [-0.2, 0) is 20.1 Å². The van der Waals surface area contributed by atoms with E-state index in [0.717, 1.165) is 37.7 Å². The van der Waals surface area contributed by atoms with Crippen molar-refractivity contribution in [3.8, 4) is 11.5 Å². The highest BCUT2D eigenvalue weighted by atomic mass is 16.5. The summed E-state index contributed by atoms with van der Waals surface area (Å²) < 4.78 is 13.1. The summed E-state index contributed by atoms with van der Waals surface area (Å²) in [5, 5.41) is 4.41. The van der Waals surface area contributed by atoms with Gasteiger partial charge in [-0.25, -0.2) is 0 Å². The van der Waals surface area contributed by atoms with Crippen LogP contribution in [0.1, 0.15) is 36.1 Å². The molecule has 0 amide bonds. The molecule has 2 aliphatic heterocycles. The zero-order chi connectivity index (χ0) is 20.4. The van der Waals surface area contributed by atoms with Crippen LogP contribution in [-0.4, -0.2) is 60.0 Å². The maximum absolute atomic E-state index is 5.65. The van der Waals surface area contributed by atoms with Gasteiger partial charge in [0, 0.05) is 50.0 Å². The number of ether oxygens (including phenoxy) is 2. The van der Waals surface area contributed by atoms with Gasteiger partial charge in [0.25, 0.3) is 0 Å². The van der Waals surface area contributed by atoms with Crippen LogP contribution in [0, 0.1) is 12.3 Å². The number of para-hydroxylation sites is 1. The molecule has 0 bridgehead atoms. The average molecular weight is 399 g/mol. The highest BCUT2D eigenvalue weighted by Crippen LogP contribution is 2.41. The minimum absolute atomic E-state index is 0.417. The molecule has 1 atom stereocenters. The van der Waals surface area contributed by atoms with Crippen LogP contribution in [0.25, 0.3) is 0 Å². The Kier molecular flexibility index (Phi) is 5.83. The lowest BCUT2D eigenvalue weighted by Crippen LogP contribution is -2.44. The van der Waals surface area contributed by atoms with E-state index in [-0.39, 0.29) is 0 Å². The fraction of sp³-hybridized carbons (Fsp3) is 0.609. The largest absolute Gasteiger partial charge is 0.493 e. The van der Waals surface area contributed by atoms with E-state index < -0.39 is 0 Å². The third-order valence-electron chi connectivity index (χ3n) is 6.87. The fourth-order valence-electron chi connectivity index (χ4n) is 5.20. The van der Waals surface area contributed by atoms with Crippen LogP contribution in [0.5, 0.6) is 11.5 Å². The molecule has 3 heterocycles. The third kappa shape index (κ3) is 4.14. The Balaban J connectivity index is 1.42. The number of piperidine rings is 1. The van der Waals surface area contributed by atoms with Crippen molar-refractivity contribution in [2.24, 2.45) is 12.5 Å². The van der Waals surface area contributed by atoms with Gasteiger partial charge in [-0.05, 0) is 50.8 Å². The number of hydrogen-bond acceptors (Lipinski definition) is 5. The molecule has 1 spiro atoms. The molecule has 0 aliphatic carbocycles. The minimum atomic E-state index is 0.417. The van der Waals surface area contributed by atoms with Gasteiger partial charge in [0.2, 0.25) is 0 Å². The van der Waals surface area contributed by atoms with Crippen molar-refractivity contribution in [2.45, 2.75) is 39.3 Å². The number of likely N-dealkylation sites (tertiary alicyclic amines) is 2. The first-order valence-corrected chi connectivity index (χ1v) is 10.7. The van der Waals surface area contributed by atoms with Crippen molar-refractivity contribution < 1.29 is 9.47 Å². The summed E-state index contributed by atoms with van der Waals surface area (Å²) >= 11 is 0. The smallest absolute Gasteiger partial charge is 0.165 e. The molecule has 158 valence electrons. The van der Waals surface area contributed by atoms with E-state index in [1.807, 2.05) is 24.0 Å². The molecule has 6 nitrogen and oxygen atoms in total. The van der Waals surface area contributed by atoms with Crippen molar-refractivity contribution in [3.63, 3.8) is 0 Å². The van der Waals surface area contributed by atoms with E-state index >= 15 is 0 Å². The van der Waals surface area contributed by atoms with Gasteiger partial charge in [0.1, 0.15) is 0 Å². The average Bonchev–Trinajstić information content (AvgIpc) is 3.25. The third-order valence-corrected chi connectivity index (χ3v) is 6.87. The van der Waals surface area contributed by atoms with Gasteiger partial charge in [-0.1, -0.05) is 12.1 Å². The summed E-state index contributed by atoms with van der Waals surface area (Å²) in [5.41, 5.74) is 4.27. The highest BCUT2D eigenvalue weighted by molar-refractivity contribution is 5.46. The van der Waals surface area contributed by atoms with Crippen molar-refractivity contribution in [2.75, 3.05) is 40.4 Å². The lowest BCUT2D eigenvalue weighted by molar-refractivity contribution is 0.0859. The van der Waals surface area contributed by atoms with Crippen LogP contribution >= 0.6 is 0 Å². The first-order chi connectivity index (χ1) is 14.0. The number of aromatic nitrogens is 2. The second-order valence-corrected chi connectivity index (χ2v) is 8.81. The summed E-state index contributed by atoms with van der Waals surface area (Å²) in [6.07, 6.45) is 5.92. The van der Waals surface area contributed by atoms with Gasteiger partial charge in [-0.15, -0.1) is 0 Å². The molecule has 0 radical (unpaired) electrons. The molecule has 1 unspecified atom stereocenters. The molecule has 0 saturated carbocycles. The predicted octanol–water partition coefficient (Wildman–Crippen LogP) is 3.23. The fourth-order valence-corrected chi connectivity index (χ4v) is 5.20. The topological polar surface area (TPSA) is 42.8 Å². The van der Waals surface area contributed by atoms with E-state index in [9.17, 15) is 0 Å². The molecule has 2 aromatic rings. The Bertz CT molecular complexity index is 849. The molecule has 0 N–H and O–H groups in total. The summed E-state index contributed by atoms with van der Waals surface area (Å²) in [5.74, 6) is 1.69. The second kappa shape index (κ2) is 8.36. The molecule has 2 fully saturated rings. The lowest BCUT2D eigenvalue weighted by atomic mass is 9.79. The standard InChI is InChI=1S/C23H34N4O2/c1-18-20(13-24-25(18)2)15-27-12-10-23(17-27)9-6-11-26(16-23)14-19-7-5-8-21(28-3)22(19)29-4/h5,7-8,13H,6,9-12,14-17H2,1-4H3. The van der Waals surface area contributed by atoms with Gasteiger partial charge in [0.05, 0.1) is 20.4 Å². The lowest BCUT2D eigenvalue weighted by Gasteiger charge is -2.40. The highest BCUT2D eigenvalue weighted by Gasteiger charge is 2.41. The van der Waals surface area contributed by atoms with Gasteiger partial charge in [-0.2, -0.15) is 5.10 Å². The van der Waals surface area contributed by atoms with E-state index in [4.69, 9.17) is 9.47 Å². The quantitative estimate of drug-likeness (QED) is 0.747. The number of methoxy groups -OCH3 is 2. The number of rotatable bonds is 6. The molecule has 29 heavy (non-hydrogen) atoms. The van der Waals surface area contributed by atoms with Crippen LogP contribution in [0.15, 0.2) is 24.4 Å². The predicted molar refractivity (Wildman–Crippen MR) is 114 cm³/mol. The van der Waals surface area contributed by atoms with Gasteiger partial charge >= 0.3 is 0 Å². The normalized spacial score (nSPS) is 23.0. The first kappa shape index (κ1) is 20.2. The summed E-state index contributed by atoms with van der Waals surface area (Å²) in [4.78, 5) is 5.24. The van der Waals surface area contributed by atoms with Gasteiger partial charge in [-0.3, -0.25) is 14.5 Å². The molecule has 6 heteroatoms. The maximum Gasteiger partial charge on any atom is 0.165 e. The molecule has 1 aromatic carbocycles. The minimum Gasteiger partial charge on any atom is -0.493 e. The van der Waals surface area contributed by atoms with Crippen LogP contribution in [0.3, 0.4) is 0 Å². The number of hydrogen-bond donors (Lipinski definition) is 0. The summed E-state index contributed by atoms with van der Waals surface area (Å²) in [7, 11) is 5.46. The molecule has 1 aromatic heterocycles. The SMILES string of the molecule is COc1cccc(CN2CCCC3(CCN(Cc4cnn(C)c4C)C3)C2)c1OC. The van der Waals surface area contributed by atoms with E-state index in [1.54, 1.807) is 14.2 Å². The molecule has 2 saturated heterocycles. The summed E-state index contributed by atoms with van der Waals surface area (Å²) in [6, 6.07) is 6.19. The zero-order valence-electron chi connectivity index (χ0n) is 18.3. The Morgan fingerprint density at radius 1 is 1.00 bits per heavy atom. The van der Waals surface area contributed by atoms with Crippen molar-refractivity contribution in [3.05, 3.63) is 41.2 Å². The van der Waals surface area contributed by atoms with Crippen LogP contribution < -0.4 is 9.47 Å². The second-order valence-electron chi connectivity index (χ2n) is 8.81. The molecule has 2 aliphatic rings. The van der Waals surface area contributed by atoms with Crippen LogP contribution in [0.2, 0.25) is 0 Å². The molecule has 4 rings (SSSR count). The number of aryl methyl sites for hydroxylation is 1. The van der Waals surface area contributed by atoms with E-state index in [0.29, 0.717) is 5.41 Å². The maximum atomic E-state index is 5.65. The van der Waals surface area contributed by atoms with E-state index in [2.05, 4.69) is 34.0 Å². The molecular weight excluding hydrogens is 364 g/mol. The van der Waals surface area contributed by atoms with E-state index in [1.165, 1.54) is 49.2 Å². The van der Waals surface area contributed by atoms with Gasteiger partial charge < -0.3 is 9.47 Å². The van der Waals surface area contributed by atoms with Crippen LogP contribution in [0.4, 0.5) is 0 Å². The van der Waals surface area contributed by atoms with Crippen molar-refractivity contribution in [1.29, 1.82) is 0 Å². The zero-order valence-corrected chi connectivity index (χ0v) is 18.3. The first-order valence-electron chi connectivity index (χ1n) is 10.7. The Labute approximate surface area is 174 Å². The monoisotopic (exact) mass is 398 g/mol. The number of benzene rings is 1.